The lowest BCUT2D eigenvalue weighted by molar-refractivity contribution is 0.0652. The smallest absolute Gasteiger partial charge is 0.102 e. The van der Waals surface area contributed by atoms with Crippen molar-refractivity contribution in [3.05, 3.63) is 12.2 Å². The molecule has 0 aromatic rings. The van der Waals surface area contributed by atoms with Gasteiger partial charge in [0.2, 0.25) is 0 Å². The van der Waals surface area contributed by atoms with Crippen LogP contribution in [0.2, 0.25) is 0 Å². The fraction of sp³-hybridized carbons (Fsp3) is 0.778. The van der Waals surface area contributed by atoms with E-state index in [1.54, 1.807) is 7.11 Å². The summed E-state index contributed by atoms with van der Waals surface area (Å²) < 4.78 is 10.4. The van der Waals surface area contributed by atoms with Gasteiger partial charge in [-0.2, -0.15) is 0 Å². The van der Waals surface area contributed by atoms with Crippen LogP contribution in [0.1, 0.15) is 20.8 Å². The first kappa shape index (κ1) is 8.75. The van der Waals surface area contributed by atoms with Crippen molar-refractivity contribution in [3.63, 3.8) is 0 Å². The fourth-order valence-electron chi connectivity index (χ4n) is 0.799. The van der Waals surface area contributed by atoms with E-state index in [-0.39, 0.29) is 5.60 Å². The van der Waals surface area contributed by atoms with Gasteiger partial charge in [0.15, 0.2) is 0 Å². The molecule has 1 rings (SSSR count). The van der Waals surface area contributed by atoms with E-state index in [9.17, 15) is 0 Å². The van der Waals surface area contributed by atoms with Gasteiger partial charge < -0.3 is 9.47 Å². The molecule has 11 heavy (non-hydrogen) atoms. The minimum atomic E-state index is -0.161. The van der Waals surface area contributed by atoms with Gasteiger partial charge in [-0.15, -0.1) is 0 Å². The molecular formula is C9H16O2. The minimum absolute atomic E-state index is 0.161. The molecule has 64 valence electrons. The van der Waals surface area contributed by atoms with Crippen molar-refractivity contribution in [1.82, 2.24) is 0 Å². The van der Waals surface area contributed by atoms with Crippen molar-refractivity contribution in [1.29, 1.82) is 0 Å². The fourth-order valence-corrected chi connectivity index (χ4v) is 0.799. The van der Waals surface area contributed by atoms with Crippen LogP contribution in [0.4, 0.5) is 0 Å². The lowest BCUT2D eigenvalue weighted by Gasteiger charge is -2.17. The van der Waals surface area contributed by atoms with Gasteiger partial charge >= 0.3 is 0 Å². The average molecular weight is 156 g/mol. The highest BCUT2D eigenvalue weighted by molar-refractivity contribution is 5.06. The lowest BCUT2D eigenvalue weighted by atomic mass is 10.1. The SMILES string of the molecule is COC(C)(C)C=CC1OC1C. The highest BCUT2D eigenvalue weighted by atomic mass is 16.6. The Morgan fingerprint density at radius 1 is 1.45 bits per heavy atom. The molecular weight excluding hydrogens is 140 g/mol. The summed E-state index contributed by atoms with van der Waals surface area (Å²) in [7, 11) is 1.71. The van der Waals surface area contributed by atoms with Crippen molar-refractivity contribution in [3.8, 4) is 0 Å². The van der Waals surface area contributed by atoms with Gasteiger partial charge in [-0.3, -0.25) is 0 Å². The van der Waals surface area contributed by atoms with Gasteiger partial charge in [-0.1, -0.05) is 12.2 Å². The van der Waals surface area contributed by atoms with Crippen LogP contribution in [0.25, 0.3) is 0 Å². The molecule has 0 spiro atoms. The van der Waals surface area contributed by atoms with Crippen LogP contribution in [0.3, 0.4) is 0 Å². The van der Waals surface area contributed by atoms with Crippen LogP contribution in [-0.2, 0) is 9.47 Å². The van der Waals surface area contributed by atoms with E-state index in [2.05, 4.69) is 13.0 Å². The topological polar surface area (TPSA) is 21.8 Å². The monoisotopic (exact) mass is 156 g/mol. The van der Waals surface area contributed by atoms with Crippen LogP contribution in [0, 0.1) is 0 Å². The first-order valence-corrected chi connectivity index (χ1v) is 3.95. The van der Waals surface area contributed by atoms with Crippen molar-refractivity contribution in [2.75, 3.05) is 7.11 Å². The highest BCUT2D eigenvalue weighted by Crippen LogP contribution is 2.23. The summed E-state index contributed by atoms with van der Waals surface area (Å²) in [6.45, 7) is 6.11. The third-order valence-corrected chi connectivity index (χ3v) is 1.97. The molecule has 0 aromatic heterocycles. The second-order valence-electron chi connectivity index (χ2n) is 3.47. The molecule has 1 aliphatic rings. The molecule has 1 aliphatic heterocycles. The number of ether oxygens (including phenoxy) is 2. The largest absolute Gasteiger partial charge is 0.375 e. The van der Waals surface area contributed by atoms with E-state index in [0.29, 0.717) is 12.2 Å². The number of epoxide rings is 1. The minimum Gasteiger partial charge on any atom is -0.375 e. The van der Waals surface area contributed by atoms with Crippen molar-refractivity contribution < 1.29 is 9.47 Å². The average Bonchev–Trinajstić information content (AvgIpc) is 2.63. The summed E-state index contributed by atoms with van der Waals surface area (Å²) >= 11 is 0. The third-order valence-electron chi connectivity index (χ3n) is 1.97. The summed E-state index contributed by atoms with van der Waals surface area (Å²) in [4.78, 5) is 0. The summed E-state index contributed by atoms with van der Waals surface area (Å²) in [6.07, 6.45) is 4.83. The maximum absolute atomic E-state index is 5.21. The molecule has 2 heteroatoms. The van der Waals surface area contributed by atoms with Gasteiger partial charge in [0.05, 0.1) is 11.7 Å². The Hall–Kier alpha value is -0.340. The molecule has 1 heterocycles. The number of methoxy groups -OCH3 is 1. The summed E-state index contributed by atoms with van der Waals surface area (Å²) in [6, 6.07) is 0. The molecule has 0 saturated carbocycles. The Balaban J connectivity index is 2.34. The van der Waals surface area contributed by atoms with E-state index >= 15 is 0 Å². The predicted molar refractivity (Wildman–Crippen MR) is 44.6 cm³/mol. The number of rotatable bonds is 3. The lowest BCUT2D eigenvalue weighted by Crippen LogP contribution is -2.18. The van der Waals surface area contributed by atoms with E-state index in [1.807, 2.05) is 19.9 Å². The normalized spacial score (nSPS) is 31.3. The number of hydrogen-bond donors (Lipinski definition) is 0. The third kappa shape index (κ3) is 2.64. The molecule has 0 bridgehead atoms. The van der Waals surface area contributed by atoms with E-state index in [0.717, 1.165) is 0 Å². The Bertz CT molecular complexity index is 161. The van der Waals surface area contributed by atoms with Gasteiger partial charge in [0.1, 0.15) is 6.10 Å². The zero-order valence-corrected chi connectivity index (χ0v) is 7.63. The predicted octanol–water partition coefficient (Wildman–Crippen LogP) is 1.75. The van der Waals surface area contributed by atoms with Crippen molar-refractivity contribution >= 4 is 0 Å². The van der Waals surface area contributed by atoms with E-state index < -0.39 is 0 Å². The molecule has 0 aliphatic carbocycles. The van der Waals surface area contributed by atoms with Crippen LogP contribution >= 0.6 is 0 Å². The van der Waals surface area contributed by atoms with Crippen molar-refractivity contribution in [2.45, 2.75) is 38.6 Å². The summed E-state index contributed by atoms with van der Waals surface area (Å²) in [5, 5.41) is 0. The van der Waals surface area contributed by atoms with Crippen LogP contribution in [0.15, 0.2) is 12.2 Å². The molecule has 1 fully saturated rings. The molecule has 1 saturated heterocycles. The summed E-state index contributed by atoms with van der Waals surface area (Å²) in [5.41, 5.74) is -0.161. The maximum Gasteiger partial charge on any atom is 0.102 e. The number of hydrogen-bond acceptors (Lipinski definition) is 2. The van der Waals surface area contributed by atoms with Gasteiger partial charge in [0, 0.05) is 7.11 Å². The van der Waals surface area contributed by atoms with E-state index in [1.165, 1.54) is 0 Å². The van der Waals surface area contributed by atoms with Crippen LogP contribution in [0.5, 0.6) is 0 Å². The molecule has 2 atom stereocenters. The molecule has 0 radical (unpaired) electrons. The quantitative estimate of drug-likeness (QED) is 0.458. The molecule has 0 N–H and O–H groups in total. The van der Waals surface area contributed by atoms with Gasteiger partial charge in [-0.25, -0.2) is 0 Å². The first-order valence-electron chi connectivity index (χ1n) is 3.95. The Morgan fingerprint density at radius 3 is 2.36 bits per heavy atom. The Labute approximate surface area is 68.2 Å². The Kier molecular flexibility index (Phi) is 2.35. The zero-order valence-electron chi connectivity index (χ0n) is 7.63. The molecule has 2 nitrogen and oxygen atoms in total. The van der Waals surface area contributed by atoms with Gasteiger partial charge in [0.25, 0.3) is 0 Å². The highest BCUT2D eigenvalue weighted by Gasteiger charge is 2.31. The van der Waals surface area contributed by atoms with Crippen LogP contribution < -0.4 is 0 Å². The van der Waals surface area contributed by atoms with Gasteiger partial charge in [-0.05, 0) is 20.8 Å². The zero-order chi connectivity index (χ0) is 8.48. The maximum atomic E-state index is 5.21. The molecule has 0 aromatic carbocycles. The van der Waals surface area contributed by atoms with E-state index in [4.69, 9.17) is 9.47 Å². The summed E-state index contributed by atoms with van der Waals surface area (Å²) in [5.74, 6) is 0. The Morgan fingerprint density at radius 2 is 2.00 bits per heavy atom. The standard InChI is InChI=1S/C9H16O2/c1-7-8(11-7)5-6-9(2,3)10-4/h5-8H,1-4H3. The second-order valence-corrected chi connectivity index (χ2v) is 3.47. The van der Waals surface area contributed by atoms with Crippen LogP contribution in [-0.4, -0.2) is 24.9 Å². The second kappa shape index (κ2) is 2.95. The molecule has 2 unspecified atom stereocenters. The molecule has 0 amide bonds. The first-order chi connectivity index (χ1) is 5.05. The van der Waals surface area contributed by atoms with Crippen molar-refractivity contribution in [2.24, 2.45) is 0 Å².